The molecule has 4 rings (SSSR count). The van der Waals surface area contributed by atoms with Crippen molar-refractivity contribution >= 4 is 5.91 Å². The highest BCUT2D eigenvalue weighted by molar-refractivity contribution is 5.82. The lowest BCUT2D eigenvalue weighted by atomic mass is 9.95. The fourth-order valence-electron chi connectivity index (χ4n) is 4.10. The highest BCUT2D eigenvalue weighted by Gasteiger charge is 2.34. The number of benzene rings is 1. The Bertz CT molecular complexity index is 847. The summed E-state index contributed by atoms with van der Waals surface area (Å²) in [6, 6.07) is 7.47. The van der Waals surface area contributed by atoms with E-state index in [9.17, 15) is 4.79 Å². The van der Waals surface area contributed by atoms with Crippen molar-refractivity contribution in [2.45, 2.75) is 38.3 Å². The minimum atomic E-state index is -0.581. The van der Waals surface area contributed by atoms with E-state index >= 15 is 0 Å². The van der Waals surface area contributed by atoms with Crippen LogP contribution in [0.1, 0.15) is 31.5 Å². The molecule has 0 spiro atoms. The molecule has 1 atom stereocenters. The maximum absolute atomic E-state index is 12.9. The molecule has 1 amide bonds. The molecule has 2 aliphatic heterocycles. The molecule has 8 heteroatoms. The molecule has 1 unspecified atom stereocenters. The first-order chi connectivity index (χ1) is 15.3. The molecule has 168 valence electrons. The molecule has 3 heterocycles. The molecular formula is C23H31N3O5. The number of nitrogens with zero attached hydrogens (tertiary/aromatic N) is 3. The van der Waals surface area contributed by atoms with E-state index in [1.807, 2.05) is 48.5 Å². The number of imidazole rings is 1. The van der Waals surface area contributed by atoms with E-state index in [-0.39, 0.29) is 12.5 Å². The van der Waals surface area contributed by atoms with Gasteiger partial charge < -0.3 is 28.4 Å². The number of para-hydroxylation sites is 2. The van der Waals surface area contributed by atoms with Crippen LogP contribution in [0.25, 0.3) is 0 Å². The van der Waals surface area contributed by atoms with E-state index < -0.39 is 6.10 Å². The number of rotatable bonds is 9. The zero-order valence-electron chi connectivity index (χ0n) is 18.1. The van der Waals surface area contributed by atoms with Crippen molar-refractivity contribution in [2.24, 2.45) is 0 Å². The van der Waals surface area contributed by atoms with Crippen LogP contribution in [0, 0.1) is 0 Å². The normalized spacial score (nSPS) is 18.9. The van der Waals surface area contributed by atoms with Crippen LogP contribution in [-0.2, 0) is 20.8 Å². The molecule has 0 saturated carbocycles. The zero-order chi connectivity index (χ0) is 21.5. The Morgan fingerprint density at radius 2 is 1.90 bits per heavy atom. The fourth-order valence-corrected chi connectivity index (χ4v) is 4.10. The van der Waals surface area contributed by atoms with Crippen LogP contribution in [0.5, 0.6) is 11.5 Å². The van der Waals surface area contributed by atoms with Gasteiger partial charge in [-0.1, -0.05) is 12.1 Å². The summed E-state index contributed by atoms with van der Waals surface area (Å²) in [7, 11) is 0. The number of aromatic nitrogens is 2. The Kier molecular flexibility index (Phi) is 7.43. The molecule has 1 aromatic carbocycles. The summed E-state index contributed by atoms with van der Waals surface area (Å²) in [6.45, 7) is 6.97. The SMILES string of the molecule is CCOCCOCCn1ccnc1C1CCN(C(=O)C2COc3ccccc3O2)CC1. The van der Waals surface area contributed by atoms with Crippen molar-refractivity contribution in [3.63, 3.8) is 0 Å². The summed E-state index contributed by atoms with van der Waals surface area (Å²) < 4.78 is 24.7. The van der Waals surface area contributed by atoms with Gasteiger partial charge in [-0.3, -0.25) is 4.79 Å². The number of amides is 1. The smallest absolute Gasteiger partial charge is 0.267 e. The molecule has 8 nitrogen and oxygen atoms in total. The van der Waals surface area contributed by atoms with Crippen molar-refractivity contribution in [3.05, 3.63) is 42.5 Å². The summed E-state index contributed by atoms with van der Waals surface area (Å²) in [4.78, 5) is 19.4. The Morgan fingerprint density at radius 1 is 1.13 bits per heavy atom. The fraction of sp³-hybridized carbons (Fsp3) is 0.565. The first kappa shape index (κ1) is 21.6. The Labute approximate surface area is 183 Å². The number of hydrogen-bond donors (Lipinski definition) is 0. The van der Waals surface area contributed by atoms with Crippen molar-refractivity contribution < 1.29 is 23.7 Å². The van der Waals surface area contributed by atoms with Crippen molar-refractivity contribution in [1.82, 2.24) is 14.5 Å². The number of carbonyl (C=O) groups is 1. The molecule has 1 fully saturated rings. The predicted molar refractivity (Wildman–Crippen MR) is 114 cm³/mol. The van der Waals surface area contributed by atoms with Crippen LogP contribution in [0.15, 0.2) is 36.7 Å². The van der Waals surface area contributed by atoms with Crippen molar-refractivity contribution in [2.75, 3.05) is 46.1 Å². The van der Waals surface area contributed by atoms with E-state index in [1.165, 1.54) is 0 Å². The lowest BCUT2D eigenvalue weighted by Crippen LogP contribution is -2.49. The van der Waals surface area contributed by atoms with E-state index in [0.717, 1.165) is 25.2 Å². The molecule has 1 aromatic heterocycles. The van der Waals surface area contributed by atoms with Crippen LogP contribution in [0.2, 0.25) is 0 Å². The van der Waals surface area contributed by atoms with Crippen LogP contribution in [0.4, 0.5) is 0 Å². The van der Waals surface area contributed by atoms with Gasteiger partial charge in [0.25, 0.3) is 5.91 Å². The van der Waals surface area contributed by atoms with Gasteiger partial charge in [-0.15, -0.1) is 0 Å². The number of ether oxygens (including phenoxy) is 4. The molecule has 0 radical (unpaired) electrons. The number of piperidine rings is 1. The number of likely N-dealkylation sites (tertiary alicyclic amines) is 1. The highest BCUT2D eigenvalue weighted by atomic mass is 16.6. The standard InChI is InChI=1S/C23H31N3O5/c1-2-28-15-16-29-14-13-25-12-9-24-22(25)18-7-10-26(11-8-18)23(27)21-17-30-19-5-3-4-6-20(19)31-21/h3-6,9,12,18,21H,2,7-8,10-11,13-17H2,1H3. The van der Waals surface area contributed by atoms with Gasteiger partial charge in [0, 0.05) is 44.6 Å². The average Bonchev–Trinajstić information content (AvgIpc) is 3.29. The minimum absolute atomic E-state index is 0.000932. The summed E-state index contributed by atoms with van der Waals surface area (Å²) in [5, 5.41) is 0. The zero-order valence-corrected chi connectivity index (χ0v) is 18.1. The van der Waals surface area contributed by atoms with Gasteiger partial charge in [0.2, 0.25) is 6.10 Å². The molecule has 1 saturated heterocycles. The first-order valence-electron chi connectivity index (χ1n) is 11.1. The third-order valence-electron chi connectivity index (χ3n) is 5.76. The largest absolute Gasteiger partial charge is 0.485 e. The Hall–Kier alpha value is -2.58. The third kappa shape index (κ3) is 5.37. The van der Waals surface area contributed by atoms with E-state index in [4.69, 9.17) is 18.9 Å². The summed E-state index contributed by atoms with van der Waals surface area (Å²) in [5.74, 6) is 2.74. The predicted octanol–water partition coefficient (Wildman–Crippen LogP) is 2.48. The van der Waals surface area contributed by atoms with E-state index in [1.54, 1.807) is 0 Å². The molecule has 2 aliphatic rings. The number of fused-ring (bicyclic) bond motifs is 1. The van der Waals surface area contributed by atoms with Gasteiger partial charge in [-0.05, 0) is 31.9 Å². The Morgan fingerprint density at radius 3 is 2.71 bits per heavy atom. The van der Waals surface area contributed by atoms with Gasteiger partial charge in [0.1, 0.15) is 12.4 Å². The van der Waals surface area contributed by atoms with Gasteiger partial charge in [-0.2, -0.15) is 0 Å². The summed E-state index contributed by atoms with van der Waals surface area (Å²) in [6.07, 6.45) is 5.04. The quantitative estimate of drug-likeness (QED) is 0.570. The minimum Gasteiger partial charge on any atom is -0.485 e. The summed E-state index contributed by atoms with van der Waals surface area (Å²) in [5.41, 5.74) is 0. The lowest BCUT2D eigenvalue weighted by Gasteiger charge is -2.35. The van der Waals surface area contributed by atoms with Crippen molar-refractivity contribution in [1.29, 1.82) is 0 Å². The number of carbonyl (C=O) groups excluding carboxylic acids is 1. The molecule has 0 bridgehead atoms. The monoisotopic (exact) mass is 429 g/mol. The van der Waals surface area contributed by atoms with Crippen LogP contribution < -0.4 is 9.47 Å². The van der Waals surface area contributed by atoms with Crippen LogP contribution >= 0.6 is 0 Å². The second-order valence-electron chi connectivity index (χ2n) is 7.75. The average molecular weight is 430 g/mol. The van der Waals surface area contributed by atoms with Crippen LogP contribution in [0.3, 0.4) is 0 Å². The van der Waals surface area contributed by atoms with Gasteiger partial charge >= 0.3 is 0 Å². The van der Waals surface area contributed by atoms with Gasteiger partial charge in [0.05, 0.1) is 19.8 Å². The van der Waals surface area contributed by atoms with Gasteiger partial charge in [-0.25, -0.2) is 4.98 Å². The summed E-state index contributed by atoms with van der Waals surface area (Å²) >= 11 is 0. The molecule has 0 aliphatic carbocycles. The molecule has 2 aromatic rings. The first-order valence-corrected chi connectivity index (χ1v) is 11.1. The third-order valence-corrected chi connectivity index (χ3v) is 5.76. The maximum atomic E-state index is 12.9. The topological polar surface area (TPSA) is 75.1 Å². The molecular weight excluding hydrogens is 398 g/mol. The van der Waals surface area contributed by atoms with Crippen LogP contribution in [-0.4, -0.2) is 72.6 Å². The second kappa shape index (κ2) is 10.6. The maximum Gasteiger partial charge on any atom is 0.267 e. The lowest BCUT2D eigenvalue weighted by molar-refractivity contribution is -0.142. The second-order valence-corrected chi connectivity index (χ2v) is 7.75. The van der Waals surface area contributed by atoms with Gasteiger partial charge in [0.15, 0.2) is 11.5 Å². The van der Waals surface area contributed by atoms with Crippen molar-refractivity contribution in [3.8, 4) is 11.5 Å². The Balaban J connectivity index is 1.25. The van der Waals surface area contributed by atoms with E-state index in [2.05, 4.69) is 9.55 Å². The highest BCUT2D eigenvalue weighted by Crippen LogP contribution is 2.32. The van der Waals surface area contributed by atoms with E-state index in [0.29, 0.717) is 56.9 Å². The molecule has 31 heavy (non-hydrogen) atoms. The molecule has 0 N–H and O–H groups in total. The number of hydrogen-bond acceptors (Lipinski definition) is 6.